The predicted octanol–water partition coefficient (Wildman–Crippen LogP) is -0.296. The standard InChI is InChI=1S/C13H29N3O3S/c1-3-13(4-2)16(9-11-17)20(18,19)12-10-15-7-5-14-6-8-15/h13-14,17H,3-12H2,1-2H3. The molecule has 0 aromatic carbocycles. The molecule has 0 amide bonds. The number of piperazine rings is 1. The van der Waals surface area contributed by atoms with Gasteiger partial charge >= 0.3 is 0 Å². The molecule has 0 atom stereocenters. The Kier molecular flexibility index (Phi) is 7.98. The van der Waals surface area contributed by atoms with Gasteiger partial charge in [-0.2, -0.15) is 4.31 Å². The molecule has 1 aliphatic heterocycles. The van der Waals surface area contributed by atoms with Crippen LogP contribution in [0.1, 0.15) is 26.7 Å². The highest BCUT2D eigenvalue weighted by Crippen LogP contribution is 2.14. The molecule has 1 saturated heterocycles. The first-order valence-electron chi connectivity index (χ1n) is 7.58. The molecule has 7 heteroatoms. The zero-order valence-electron chi connectivity index (χ0n) is 12.7. The van der Waals surface area contributed by atoms with Crippen molar-refractivity contribution >= 4 is 10.0 Å². The number of hydrogen-bond acceptors (Lipinski definition) is 5. The number of aliphatic hydroxyl groups is 1. The topological polar surface area (TPSA) is 72.9 Å². The van der Waals surface area contributed by atoms with Crippen molar-refractivity contribution in [1.29, 1.82) is 0 Å². The van der Waals surface area contributed by atoms with E-state index in [-0.39, 0.29) is 24.9 Å². The van der Waals surface area contributed by atoms with Gasteiger partial charge in [0.1, 0.15) is 0 Å². The van der Waals surface area contributed by atoms with E-state index in [9.17, 15) is 8.42 Å². The first-order valence-corrected chi connectivity index (χ1v) is 9.19. The molecule has 1 fully saturated rings. The fraction of sp³-hybridized carbons (Fsp3) is 1.00. The maximum atomic E-state index is 12.5. The van der Waals surface area contributed by atoms with Gasteiger partial charge in [0.2, 0.25) is 10.0 Å². The van der Waals surface area contributed by atoms with Crippen LogP contribution in [0.3, 0.4) is 0 Å². The number of aliphatic hydroxyl groups excluding tert-OH is 1. The minimum atomic E-state index is -3.30. The van der Waals surface area contributed by atoms with Crippen LogP contribution in [0.2, 0.25) is 0 Å². The zero-order chi connectivity index (χ0) is 15.0. The van der Waals surface area contributed by atoms with Gasteiger partial charge in [-0.15, -0.1) is 0 Å². The van der Waals surface area contributed by atoms with Crippen molar-refractivity contribution < 1.29 is 13.5 Å². The van der Waals surface area contributed by atoms with Gasteiger partial charge in [0.25, 0.3) is 0 Å². The quantitative estimate of drug-likeness (QED) is 0.612. The van der Waals surface area contributed by atoms with E-state index in [4.69, 9.17) is 5.11 Å². The van der Waals surface area contributed by atoms with Gasteiger partial charge in [-0.25, -0.2) is 8.42 Å². The van der Waals surface area contributed by atoms with E-state index in [2.05, 4.69) is 10.2 Å². The molecule has 1 rings (SSSR count). The Morgan fingerprint density at radius 3 is 2.35 bits per heavy atom. The van der Waals surface area contributed by atoms with Crippen LogP contribution < -0.4 is 5.32 Å². The predicted molar refractivity (Wildman–Crippen MR) is 81.3 cm³/mol. The smallest absolute Gasteiger partial charge is 0.215 e. The summed E-state index contributed by atoms with van der Waals surface area (Å²) in [5.41, 5.74) is 0. The van der Waals surface area contributed by atoms with Crippen molar-refractivity contribution in [2.75, 3.05) is 51.6 Å². The van der Waals surface area contributed by atoms with Crippen LogP contribution in [-0.2, 0) is 10.0 Å². The number of hydrogen-bond donors (Lipinski definition) is 2. The third-order valence-corrected chi connectivity index (χ3v) is 5.80. The summed E-state index contributed by atoms with van der Waals surface area (Å²) in [6.45, 7) is 8.29. The Morgan fingerprint density at radius 2 is 1.85 bits per heavy atom. The SMILES string of the molecule is CCC(CC)N(CCO)S(=O)(=O)CCN1CCNCC1. The van der Waals surface area contributed by atoms with Crippen LogP contribution in [0, 0.1) is 0 Å². The second-order valence-corrected chi connectivity index (χ2v) is 7.25. The maximum absolute atomic E-state index is 12.5. The van der Waals surface area contributed by atoms with Gasteiger partial charge < -0.3 is 10.4 Å². The summed E-state index contributed by atoms with van der Waals surface area (Å²) >= 11 is 0. The molecule has 0 unspecified atom stereocenters. The maximum Gasteiger partial charge on any atom is 0.215 e. The first-order chi connectivity index (χ1) is 9.55. The van der Waals surface area contributed by atoms with Gasteiger partial charge in [-0.05, 0) is 12.8 Å². The molecular formula is C13H29N3O3S. The molecule has 120 valence electrons. The Labute approximate surface area is 123 Å². The molecule has 0 spiro atoms. The Hall–Kier alpha value is -0.210. The Morgan fingerprint density at radius 1 is 1.25 bits per heavy atom. The summed E-state index contributed by atoms with van der Waals surface area (Å²) in [6, 6.07) is -0.00447. The van der Waals surface area contributed by atoms with E-state index >= 15 is 0 Å². The highest BCUT2D eigenvalue weighted by Gasteiger charge is 2.28. The van der Waals surface area contributed by atoms with Gasteiger partial charge in [-0.1, -0.05) is 13.8 Å². The van der Waals surface area contributed by atoms with Crippen molar-refractivity contribution in [3.8, 4) is 0 Å². The fourth-order valence-electron chi connectivity index (χ4n) is 2.64. The number of sulfonamides is 1. The largest absolute Gasteiger partial charge is 0.395 e. The van der Waals surface area contributed by atoms with Crippen LogP contribution in [0.25, 0.3) is 0 Å². The normalized spacial score (nSPS) is 18.1. The van der Waals surface area contributed by atoms with Gasteiger partial charge in [0.15, 0.2) is 0 Å². The molecule has 1 aliphatic rings. The summed E-state index contributed by atoms with van der Waals surface area (Å²) in [6.07, 6.45) is 1.56. The van der Waals surface area contributed by atoms with Crippen molar-refractivity contribution in [2.24, 2.45) is 0 Å². The van der Waals surface area contributed by atoms with Crippen molar-refractivity contribution in [1.82, 2.24) is 14.5 Å². The molecular weight excluding hydrogens is 278 g/mol. The van der Waals surface area contributed by atoms with Crippen molar-refractivity contribution in [2.45, 2.75) is 32.7 Å². The third kappa shape index (κ3) is 5.29. The average molecular weight is 307 g/mol. The lowest BCUT2D eigenvalue weighted by atomic mass is 10.2. The fourth-order valence-corrected chi connectivity index (χ4v) is 4.48. The van der Waals surface area contributed by atoms with E-state index in [1.165, 1.54) is 4.31 Å². The van der Waals surface area contributed by atoms with E-state index < -0.39 is 10.0 Å². The first kappa shape index (κ1) is 17.8. The lowest BCUT2D eigenvalue weighted by molar-refractivity contribution is 0.216. The van der Waals surface area contributed by atoms with Crippen LogP contribution in [0.4, 0.5) is 0 Å². The molecule has 0 radical (unpaired) electrons. The number of rotatable bonds is 9. The van der Waals surface area contributed by atoms with Crippen LogP contribution in [0.15, 0.2) is 0 Å². The average Bonchev–Trinajstić information content (AvgIpc) is 2.46. The molecule has 0 saturated carbocycles. The van der Waals surface area contributed by atoms with E-state index in [1.54, 1.807) is 0 Å². The Balaban J connectivity index is 2.61. The minimum absolute atomic E-state index is 0.00447. The molecule has 0 bridgehead atoms. The third-order valence-electron chi connectivity index (χ3n) is 3.90. The molecule has 1 heterocycles. The zero-order valence-corrected chi connectivity index (χ0v) is 13.5. The molecule has 0 aliphatic carbocycles. The lowest BCUT2D eigenvalue weighted by Crippen LogP contribution is -2.48. The van der Waals surface area contributed by atoms with Crippen LogP contribution in [-0.4, -0.2) is 80.4 Å². The highest BCUT2D eigenvalue weighted by atomic mass is 32.2. The number of nitrogens with one attached hydrogen (secondary N) is 1. The second-order valence-electron chi connectivity index (χ2n) is 5.21. The second kappa shape index (κ2) is 8.94. The summed E-state index contributed by atoms with van der Waals surface area (Å²) < 4.78 is 26.5. The number of nitrogens with zero attached hydrogens (tertiary/aromatic N) is 2. The van der Waals surface area contributed by atoms with E-state index in [1.807, 2.05) is 13.8 Å². The van der Waals surface area contributed by atoms with Crippen molar-refractivity contribution in [3.05, 3.63) is 0 Å². The summed E-state index contributed by atoms with van der Waals surface area (Å²) in [7, 11) is -3.30. The van der Waals surface area contributed by atoms with Crippen molar-refractivity contribution in [3.63, 3.8) is 0 Å². The molecule has 20 heavy (non-hydrogen) atoms. The van der Waals surface area contributed by atoms with E-state index in [0.29, 0.717) is 6.54 Å². The molecule has 0 aromatic heterocycles. The van der Waals surface area contributed by atoms with Gasteiger partial charge in [0, 0.05) is 45.3 Å². The lowest BCUT2D eigenvalue weighted by Gasteiger charge is -2.31. The Bertz CT molecular complexity index is 352. The molecule has 2 N–H and O–H groups in total. The minimum Gasteiger partial charge on any atom is -0.395 e. The molecule has 6 nitrogen and oxygen atoms in total. The van der Waals surface area contributed by atoms with Crippen LogP contribution >= 0.6 is 0 Å². The summed E-state index contributed by atoms with van der Waals surface area (Å²) in [5.74, 6) is 0.142. The summed E-state index contributed by atoms with van der Waals surface area (Å²) in [4.78, 5) is 2.18. The van der Waals surface area contributed by atoms with Gasteiger partial charge in [0.05, 0.1) is 12.4 Å². The highest BCUT2D eigenvalue weighted by molar-refractivity contribution is 7.89. The van der Waals surface area contributed by atoms with Gasteiger partial charge in [-0.3, -0.25) is 4.90 Å². The molecule has 0 aromatic rings. The van der Waals surface area contributed by atoms with Crippen LogP contribution in [0.5, 0.6) is 0 Å². The van der Waals surface area contributed by atoms with E-state index in [0.717, 1.165) is 39.0 Å². The summed E-state index contributed by atoms with van der Waals surface area (Å²) in [5, 5.41) is 12.4. The monoisotopic (exact) mass is 307 g/mol.